The first kappa shape index (κ1) is 12.8. The van der Waals surface area contributed by atoms with Crippen molar-refractivity contribution in [3.63, 3.8) is 0 Å². The Morgan fingerprint density at radius 2 is 1.95 bits per heavy atom. The van der Waals surface area contributed by atoms with Crippen LogP contribution in [-0.4, -0.2) is 24.7 Å². The molecule has 3 rings (SSSR count). The Kier molecular flexibility index (Phi) is 3.49. The van der Waals surface area contributed by atoms with Gasteiger partial charge in [-0.15, -0.1) is 0 Å². The van der Waals surface area contributed by atoms with Crippen LogP contribution in [0.3, 0.4) is 0 Å². The monoisotopic (exact) mass is 307 g/mol. The molecule has 0 aliphatic rings. The van der Waals surface area contributed by atoms with Crippen LogP contribution in [0.2, 0.25) is 10.3 Å². The Hall–Kier alpha value is -2.18. The molecule has 0 fully saturated rings. The maximum Gasteiger partial charge on any atom is 0.328 e. The third kappa shape index (κ3) is 2.87. The maximum atomic E-state index is 5.88. The van der Waals surface area contributed by atoms with Gasteiger partial charge in [-0.3, -0.25) is 0 Å². The van der Waals surface area contributed by atoms with E-state index in [0.717, 1.165) is 0 Å². The van der Waals surface area contributed by atoms with Gasteiger partial charge in [-0.25, -0.2) is 4.68 Å². The number of ether oxygens (including phenoxy) is 1. The highest BCUT2D eigenvalue weighted by molar-refractivity contribution is 6.30. The molecule has 0 N–H and O–H groups in total. The summed E-state index contributed by atoms with van der Waals surface area (Å²) in [5, 5.41) is 4.59. The molecule has 0 radical (unpaired) electrons. The zero-order chi connectivity index (χ0) is 13.9. The lowest BCUT2D eigenvalue weighted by molar-refractivity contribution is 0.437. The van der Waals surface area contributed by atoms with E-state index in [9.17, 15) is 0 Å². The van der Waals surface area contributed by atoms with Crippen molar-refractivity contribution in [1.82, 2.24) is 24.7 Å². The van der Waals surface area contributed by atoms with Gasteiger partial charge in [-0.2, -0.15) is 20.1 Å². The summed E-state index contributed by atoms with van der Waals surface area (Å²) >= 11 is 11.7. The first-order valence-electron chi connectivity index (χ1n) is 5.56. The van der Waals surface area contributed by atoms with Gasteiger partial charge in [0.25, 0.3) is 5.95 Å². The molecule has 2 heterocycles. The van der Waals surface area contributed by atoms with Gasteiger partial charge in [-0.1, -0.05) is 17.7 Å². The van der Waals surface area contributed by atoms with Crippen LogP contribution in [0.15, 0.2) is 42.7 Å². The Labute approximate surface area is 124 Å². The zero-order valence-corrected chi connectivity index (χ0v) is 11.5. The second kappa shape index (κ2) is 5.44. The van der Waals surface area contributed by atoms with Crippen LogP contribution < -0.4 is 4.74 Å². The van der Waals surface area contributed by atoms with Gasteiger partial charge in [-0.05, 0) is 35.9 Å². The third-order valence-electron chi connectivity index (χ3n) is 2.29. The summed E-state index contributed by atoms with van der Waals surface area (Å²) in [6.07, 6.45) is 3.30. The second-order valence-electron chi connectivity index (χ2n) is 3.70. The molecule has 0 aliphatic heterocycles. The molecular weight excluding hydrogens is 301 g/mol. The number of hydrogen-bond donors (Lipinski definition) is 0. The molecule has 0 saturated heterocycles. The first-order chi connectivity index (χ1) is 9.70. The van der Waals surface area contributed by atoms with E-state index in [-0.39, 0.29) is 17.2 Å². The Bertz CT molecular complexity index is 732. The van der Waals surface area contributed by atoms with Gasteiger partial charge >= 0.3 is 6.01 Å². The molecule has 100 valence electrons. The Morgan fingerprint density at radius 3 is 2.70 bits per heavy atom. The molecule has 0 bridgehead atoms. The van der Waals surface area contributed by atoms with Crippen LogP contribution in [0, 0.1) is 0 Å². The van der Waals surface area contributed by atoms with Crippen LogP contribution in [0.5, 0.6) is 11.8 Å². The van der Waals surface area contributed by atoms with Gasteiger partial charge in [0.1, 0.15) is 5.75 Å². The lowest BCUT2D eigenvalue weighted by atomic mass is 10.3. The molecule has 8 heteroatoms. The number of halogens is 2. The van der Waals surface area contributed by atoms with E-state index in [1.54, 1.807) is 42.7 Å². The van der Waals surface area contributed by atoms with E-state index in [1.165, 1.54) is 4.68 Å². The number of rotatable bonds is 3. The lowest BCUT2D eigenvalue weighted by Crippen LogP contribution is -2.05. The van der Waals surface area contributed by atoms with Gasteiger partial charge < -0.3 is 4.74 Å². The standard InChI is InChI=1S/C12H7Cl2N5O/c13-8-3-1-4-9(7-8)20-12-17-10(14)16-11(18-12)19-6-2-5-15-19/h1-7H. The fourth-order valence-corrected chi connectivity index (χ4v) is 1.82. The summed E-state index contributed by atoms with van der Waals surface area (Å²) in [5.41, 5.74) is 0. The van der Waals surface area contributed by atoms with Crippen molar-refractivity contribution in [3.05, 3.63) is 53.0 Å². The molecule has 0 saturated carbocycles. The van der Waals surface area contributed by atoms with Crippen LogP contribution in [-0.2, 0) is 0 Å². The third-order valence-corrected chi connectivity index (χ3v) is 2.69. The van der Waals surface area contributed by atoms with Crippen LogP contribution in [0.4, 0.5) is 0 Å². The van der Waals surface area contributed by atoms with Crippen molar-refractivity contribution in [1.29, 1.82) is 0 Å². The summed E-state index contributed by atoms with van der Waals surface area (Å²) in [5.74, 6) is 0.776. The van der Waals surface area contributed by atoms with Crippen molar-refractivity contribution in [2.24, 2.45) is 0 Å². The molecule has 20 heavy (non-hydrogen) atoms. The van der Waals surface area contributed by atoms with Crippen molar-refractivity contribution < 1.29 is 4.74 Å². The summed E-state index contributed by atoms with van der Waals surface area (Å²) in [6, 6.07) is 8.69. The fourth-order valence-electron chi connectivity index (χ4n) is 1.49. The highest BCUT2D eigenvalue weighted by Crippen LogP contribution is 2.22. The zero-order valence-electron chi connectivity index (χ0n) is 9.94. The van der Waals surface area contributed by atoms with Crippen LogP contribution in [0.25, 0.3) is 5.95 Å². The quantitative estimate of drug-likeness (QED) is 0.743. The van der Waals surface area contributed by atoms with E-state index in [1.807, 2.05) is 0 Å². The summed E-state index contributed by atoms with van der Waals surface area (Å²) < 4.78 is 6.96. The lowest BCUT2D eigenvalue weighted by Gasteiger charge is -2.06. The molecule has 6 nitrogen and oxygen atoms in total. The van der Waals surface area contributed by atoms with Crippen molar-refractivity contribution in [2.45, 2.75) is 0 Å². The highest BCUT2D eigenvalue weighted by atomic mass is 35.5. The van der Waals surface area contributed by atoms with E-state index in [4.69, 9.17) is 27.9 Å². The molecule has 1 aromatic carbocycles. The normalized spacial score (nSPS) is 10.5. The van der Waals surface area contributed by atoms with Crippen molar-refractivity contribution >= 4 is 23.2 Å². The van der Waals surface area contributed by atoms with E-state index < -0.39 is 0 Å². The van der Waals surface area contributed by atoms with Crippen molar-refractivity contribution in [2.75, 3.05) is 0 Å². The van der Waals surface area contributed by atoms with Gasteiger partial charge in [0.05, 0.1) is 0 Å². The average molecular weight is 308 g/mol. The van der Waals surface area contributed by atoms with Gasteiger partial charge in [0.15, 0.2) is 0 Å². The molecule has 0 unspecified atom stereocenters. The molecule has 2 aromatic heterocycles. The van der Waals surface area contributed by atoms with Crippen molar-refractivity contribution in [3.8, 4) is 17.7 Å². The predicted octanol–water partition coefficient (Wildman–Crippen LogP) is 3.16. The summed E-state index contributed by atoms with van der Waals surface area (Å²) in [4.78, 5) is 12.0. The van der Waals surface area contributed by atoms with Gasteiger partial charge in [0, 0.05) is 17.4 Å². The Morgan fingerprint density at radius 1 is 1.05 bits per heavy atom. The second-order valence-corrected chi connectivity index (χ2v) is 4.47. The number of aromatic nitrogens is 5. The maximum absolute atomic E-state index is 5.88. The van der Waals surface area contributed by atoms with Crippen LogP contribution >= 0.6 is 23.2 Å². The minimum atomic E-state index is 0.0162. The predicted molar refractivity (Wildman–Crippen MR) is 73.5 cm³/mol. The molecule has 3 aromatic rings. The SMILES string of the molecule is Clc1cccc(Oc2nc(Cl)nc(-n3cccn3)n2)c1. The summed E-state index contributed by atoms with van der Waals surface area (Å²) in [6.45, 7) is 0. The minimum Gasteiger partial charge on any atom is -0.424 e. The smallest absolute Gasteiger partial charge is 0.328 e. The number of nitrogens with zero attached hydrogens (tertiary/aromatic N) is 5. The molecule has 0 amide bonds. The number of benzene rings is 1. The Balaban J connectivity index is 1.94. The molecule has 0 atom stereocenters. The molecule has 0 aliphatic carbocycles. The largest absolute Gasteiger partial charge is 0.424 e. The van der Waals surface area contributed by atoms with E-state index in [0.29, 0.717) is 10.8 Å². The summed E-state index contributed by atoms with van der Waals surface area (Å²) in [7, 11) is 0. The highest BCUT2D eigenvalue weighted by Gasteiger charge is 2.09. The molecule has 0 spiro atoms. The minimum absolute atomic E-state index is 0.0162. The van der Waals surface area contributed by atoms with E-state index >= 15 is 0 Å². The first-order valence-corrected chi connectivity index (χ1v) is 6.31. The average Bonchev–Trinajstić information content (AvgIpc) is 2.91. The van der Waals surface area contributed by atoms with Crippen LogP contribution in [0.1, 0.15) is 0 Å². The number of hydrogen-bond acceptors (Lipinski definition) is 5. The fraction of sp³-hybridized carbons (Fsp3) is 0. The van der Waals surface area contributed by atoms with E-state index in [2.05, 4.69) is 20.1 Å². The topological polar surface area (TPSA) is 65.7 Å². The van der Waals surface area contributed by atoms with Gasteiger partial charge in [0.2, 0.25) is 5.28 Å². The molecular formula is C12H7Cl2N5O.